The van der Waals surface area contributed by atoms with Gasteiger partial charge in [0, 0.05) is 16.9 Å². The van der Waals surface area contributed by atoms with Gasteiger partial charge in [-0.15, -0.1) is 0 Å². The summed E-state index contributed by atoms with van der Waals surface area (Å²) in [6, 6.07) is 15.1. The van der Waals surface area contributed by atoms with Gasteiger partial charge in [0.1, 0.15) is 0 Å². The molecular formula is C18H17N3O. The van der Waals surface area contributed by atoms with E-state index in [0.717, 1.165) is 22.5 Å². The van der Waals surface area contributed by atoms with E-state index >= 15 is 0 Å². The molecule has 0 saturated heterocycles. The molecule has 110 valence electrons. The van der Waals surface area contributed by atoms with Crippen molar-refractivity contribution in [1.29, 1.82) is 0 Å². The van der Waals surface area contributed by atoms with Crippen molar-refractivity contribution < 1.29 is 0 Å². The molecular weight excluding hydrogens is 274 g/mol. The van der Waals surface area contributed by atoms with Crippen molar-refractivity contribution >= 4 is 17.1 Å². The Kier molecular flexibility index (Phi) is 3.51. The van der Waals surface area contributed by atoms with E-state index in [9.17, 15) is 4.79 Å². The molecule has 0 spiro atoms. The molecule has 3 N–H and O–H groups in total. The highest BCUT2D eigenvalue weighted by Gasteiger charge is 2.16. The maximum absolute atomic E-state index is 12.3. The topological polar surface area (TPSA) is 71.2 Å². The molecule has 1 aliphatic carbocycles. The van der Waals surface area contributed by atoms with Crippen LogP contribution in [-0.2, 0) is 0 Å². The Hall–Kier alpha value is -2.88. The number of benzene rings is 1. The highest BCUT2D eigenvalue weighted by Crippen LogP contribution is 2.25. The van der Waals surface area contributed by atoms with Gasteiger partial charge in [0.15, 0.2) is 0 Å². The van der Waals surface area contributed by atoms with Crippen molar-refractivity contribution in [3.63, 3.8) is 0 Å². The average Bonchev–Trinajstić information content (AvgIpc) is 2.64. The number of aromatic nitrogens is 1. The van der Waals surface area contributed by atoms with Crippen molar-refractivity contribution in [3.8, 4) is 11.3 Å². The Balaban J connectivity index is 2.16. The molecule has 0 atom stereocenters. The predicted molar refractivity (Wildman–Crippen MR) is 91.1 cm³/mol. The molecule has 1 aromatic carbocycles. The summed E-state index contributed by atoms with van der Waals surface area (Å²) in [5.74, 6) is 0. The summed E-state index contributed by atoms with van der Waals surface area (Å²) < 4.78 is 0. The SMILES string of the molecule is C/C(=N\c1cc(N)ccc1C)c1c2cccccc-2[nH]c1=O. The summed E-state index contributed by atoms with van der Waals surface area (Å²) in [5, 5.41) is 0. The Morgan fingerprint density at radius 3 is 2.73 bits per heavy atom. The zero-order valence-corrected chi connectivity index (χ0v) is 12.6. The fourth-order valence-electron chi connectivity index (χ4n) is 2.52. The van der Waals surface area contributed by atoms with E-state index in [4.69, 9.17) is 5.73 Å². The van der Waals surface area contributed by atoms with E-state index in [-0.39, 0.29) is 5.56 Å². The van der Waals surface area contributed by atoms with E-state index in [2.05, 4.69) is 9.98 Å². The van der Waals surface area contributed by atoms with Crippen molar-refractivity contribution in [2.75, 3.05) is 5.73 Å². The molecule has 1 aliphatic heterocycles. The Bertz CT molecular complexity index is 893. The quantitative estimate of drug-likeness (QED) is 0.560. The van der Waals surface area contributed by atoms with E-state index < -0.39 is 0 Å². The molecule has 1 heterocycles. The first kappa shape index (κ1) is 14.1. The summed E-state index contributed by atoms with van der Waals surface area (Å²) in [7, 11) is 0. The van der Waals surface area contributed by atoms with E-state index in [1.807, 2.05) is 62.4 Å². The largest absolute Gasteiger partial charge is 0.399 e. The third kappa shape index (κ3) is 2.51. The molecule has 0 saturated carbocycles. The summed E-state index contributed by atoms with van der Waals surface area (Å²) in [6.07, 6.45) is 0. The maximum Gasteiger partial charge on any atom is 0.258 e. The Labute approximate surface area is 128 Å². The van der Waals surface area contributed by atoms with Gasteiger partial charge in [-0.25, -0.2) is 0 Å². The molecule has 2 aliphatic rings. The fraction of sp³-hybridized carbons (Fsp3) is 0.111. The third-order valence-electron chi connectivity index (χ3n) is 3.67. The number of nitrogen functional groups attached to an aromatic ring is 1. The number of aromatic amines is 1. The van der Waals surface area contributed by atoms with Crippen LogP contribution >= 0.6 is 0 Å². The molecule has 0 aromatic heterocycles. The van der Waals surface area contributed by atoms with Gasteiger partial charge in [-0.1, -0.05) is 30.3 Å². The molecule has 0 unspecified atom stereocenters. The van der Waals surface area contributed by atoms with Crippen molar-refractivity contribution in [3.05, 3.63) is 70.0 Å². The fourth-order valence-corrected chi connectivity index (χ4v) is 2.52. The first-order valence-corrected chi connectivity index (χ1v) is 7.09. The number of nitrogens with zero attached hydrogens (tertiary/aromatic N) is 1. The number of aryl methyl sites for hydroxylation is 1. The van der Waals surface area contributed by atoms with E-state index in [1.165, 1.54) is 0 Å². The summed E-state index contributed by atoms with van der Waals surface area (Å²) in [6.45, 7) is 3.82. The number of aliphatic imine (C=N–C) groups is 1. The smallest absolute Gasteiger partial charge is 0.258 e. The van der Waals surface area contributed by atoms with Crippen LogP contribution in [0.15, 0.2) is 58.3 Å². The molecule has 0 amide bonds. The lowest BCUT2D eigenvalue weighted by Crippen LogP contribution is -2.10. The van der Waals surface area contributed by atoms with Crippen molar-refractivity contribution in [2.24, 2.45) is 4.99 Å². The molecule has 4 nitrogen and oxygen atoms in total. The van der Waals surface area contributed by atoms with Gasteiger partial charge in [0.05, 0.1) is 17.0 Å². The van der Waals surface area contributed by atoms with E-state index in [0.29, 0.717) is 17.0 Å². The number of anilines is 1. The molecule has 1 aromatic rings. The van der Waals surface area contributed by atoms with Gasteiger partial charge >= 0.3 is 0 Å². The van der Waals surface area contributed by atoms with Crippen molar-refractivity contribution in [1.82, 2.24) is 4.98 Å². The number of hydrogen-bond acceptors (Lipinski definition) is 3. The first-order chi connectivity index (χ1) is 10.6. The van der Waals surface area contributed by atoms with Gasteiger partial charge in [-0.2, -0.15) is 0 Å². The average molecular weight is 291 g/mol. The standard InChI is InChI=1S/C18H17N3O/c1-11-8-9-13(19)10-16(11)20-12(2)17-14-6-4-3-5-7-15(14)21-18(17)22/h3-10H,19H2,1-2H3,(H,21,22)/b20-12+. The second kappa shape index (κ2) is 5.48. The van der Waals surface area contributed by atoms with Crippen LogP contribution in [0, 0.1) is 6.92 Å². The molecule has 4 heteroatoms. The van der Waals surface area contributed by atoms with Crippen LogP contribution in [0.4, 0.5) is 11.4 Å². The highest BCUT2D eigenvalue weighted by atomic mass is 16.1. The second-order valence-electron chi connectivity index (χ2n) is 5.31. The summed E-state index contributed by atoms with van der Waals surface area (Å²) >= 11 is 0. The number of H-pyrrole nitrogens is 1. The first-order valence-electron chi connectivity index (χ1n) is 7.09. The van der Waals surface area contributed by atoms with Crippen molar-refractivity contribution in [2.45, 2.75) is 13.8 Å². The van der Waals surface area contributed by atoms with Gasteiger partial charge < -0.3 is 10.7 Å². The zero-order chi connectivity index (χ0) is 15.7. The van der Waals surface area contributed by atoms with Crippen LogP contribution in [0.25, 0.3) is 11.3 Å². The maximum atomic E-state index is 12.3. The number of nitrogens with two attached hydrogens (primary N) is 1. The molecule has 0 fully saturated rings. The normalized spacial score (nSPS) is 11.8. The minimum Gasteiger partial charge on any atom is -0.399 e. The van der Waals surface area contributed by atoms with Crippen LogP contribution < -0.4 is 11.3 Å². The minimum atomic E-state index is -0.121. The Morgan fingerprint density at radius 1 is 1.14 bits per heavy atom. The molecule has 22 heavy (non-hydrogen) atoms. The predicted octanol–water partition coefficient (Wildman–Crippen LogP) is 3.51. The summed E-state index contributed by atoms with van der Waals surface area (Å²) in [5.41, 5.74) is 11.1. The number of hydrogen-bond donors (Lipinski definition) is 2. The van der Waals surface area contributed by atoms with Crippen LogP contribution in [0.2, 0.25) is 0 Å². The Morgan fingerprint density at radius 2 is 1.91 bits per heavy atom. The van der Waals surface area contributed by atoms with Gasteiger partial charge in [0.25, 0.3) is 5.56 Å². The molecule has 0 bridgehead atoms. The van der Waals surface area contributed by atoms with Gasteiger partial charge in [-0.3, -0.25) is 9.79 Å². The lowest BCUT2D eigenvalue weighted by Gasteiger charge is -2.04. The van der Waals surface area contributed by atoms with Gasteiger partial charge in [-0.05, 0) is 37.6 Å². The zero-order valence-electron chi connectivity index (χ0n) is 12.6. The number of nitrogens with one attached hydrogen (secondary N) is 1. The van der Waals surface area contributed by atoms with Gasteiger partial charge in [0.2, 0.25) is 0 Å². The van der Waals surface area contributed by atoms with E-state index in [1.54, 1.807) is 0 Å². The highest BCUT2D eigenvalue weighted by molar-refractivity contribution is 6.05. The second-order valence-corrected chi connectivity index (χ2v) is 5.31. The molecule has 3 rings (SSSR count). The lowest BCUT2D eigenvalue weighted by atomic mass is 10.1. The third-order valence-corrected chi connectivity index (χ3v) is 3.67. The lowest BCUT2D eigenvalue weighted by molar-refractivity contribution is 1.31. The monoisotopic (exact) mass is 291 g/mol. The van der Waals surface area contributed by atoms with Crippen LogP contribution in [-0.4, -0.2) is 10.7 Å². The van der Waals surface area contributed by atoms with Crippen LogP contribution in [0.3, 0.4) is 0 Å². The molecule has 0 radical (unpaired) electrons. The van der Waals surface area contributed by atoms with Crippen LogP contribution in [0.1, 0.15) is 18.1 Å². The summed E-state index contributed by atoms with van der Waals surface area (Å²) in [4.78, 5) is 19.8. The minimum absolute atomic E-state index is 0.121. The number of fused-ring (bicyclic) bond motifs is 1. The van der Waals surface area contributed by atoms with Crippen LogP contribution in [0.5, 0.6) is 0 Å². The number of rotatable bonds is 2.